The van der Waals surface area contributed by atoms with Gasteiger partial charge in [-0.15, -0.1) is 23.8 Å². The van der Waals surface area contributed by atoms with Crippen molar-refractivity contribution >= 4 is 59.9 Å². The van der Waals surface area contributed by atoms with E-state index in [1.807, 2.05) is 54.6 Å². The molecule has 0 bridgehead atoms. The summed E-state index contributed by atoms with van der Waals surface area (Å²) >= 11 is -0.177. The maximum Gasteiger partial charge on any atom is 0 e. The van der Waals surface area contributed by atoms with Gasteiger partial charge in [0.15, 0.2) is 0 Å². The molecule has 2 nitrogen and oxygen atoms in total. The third-order valence-electron chi connectivity index (χ3n) is 7.73. The fourth-order valence-electron chi connectivity index (χ4n) is 5.26. The molecule has 227 valence electrons. The predicted octanol–water partition coefficient (Wildman–Crippen LogP) is 10.8. The zero-order valence-electron chi connectivity index (χ0n) is 30.5. The molecule has 0 amide bonds. The minimum Gasteiger partial charge on any atom is 0 e. The fraction of sp³-hybridized carbons (Fsp3) is 0.0732. The minimum absolute atomic E-state index is 0. The molecule has 0 unspecified atom stereocenters. The molecule has 0 N–H and O–H groups in total. The Labute approximate surface area is 297 Å². The van der Waals surface area contributed by atoms with Crippen molar-refractivity contribution in [2.75, 3.05) is 0 Å². The van der Waals surface area contributed by atoms with Crippen LogP contribution >= 0.6 is 11.3 Å². The van der Waals surface area contributed by atoms with Crippen LogP contribution in [0.25, 0.3) is 64.6 Å². The van der Waals surface area contributed by atoms with E-state index in [1.165, 1.54) is 15.2 Å². The summed E-state index contributed by atoms with van der Waals surface area (Å²) in [5, 5.41) is 4.59. The minimum atomic E-state index is -1.77. The van der Waals surface area contributed by atoms with Crippen molar-refractivity contribution < 1.29 is 27.0 Å². The molecular formula is C41H32GeIrN2S-2. The van der Waals surface area contributed by atoms with Crippen LogP contribution < -0.4 is 4.40 Å². The van der Waals surface area contributed by atoms with Gasteiger partial charge in [-0.3, -0.25) is 0 Å². The van der Waals surface area contributed by atoms with Crippen LogP contribution in [0.4, 0.5) is 0 Å². The number of thiophene rings is 1. The first-order chi connectivity index (χ1) is 24.0. The zero-order valence-corrected chi connectivity index (χ0v) is 30.8. The maximum absolute atomic E-state index is 8.25. The topological polar surface area (TPSA) is 25.8 Å². The van der Waals surface area contributed by atoms with Crippen LogP contribution in [0.3, 0.4) is 0 Å². The van der Waals surface area contributed by atoms with E-state index in [1.54, 1.807) is 17.5 Å². The van der Waals surface area contributed by atoms with Gasteiger partial charge in [0, 0.05) is 31.0 Å². The Morgan fingerprint density at radius 3 is 2.26 bits per heavy atom. The van der Waals surface area contributed by atoms with E-state index in [4.69, 9.17) is 6.85 Å². The van der Waals surface area contributed by atoms with Gasteiger partial charge in [-0.25, -0.2) is 0 Å². The summed E-state index contributed by atoms with van der Waals surface area (Å²) in [6, 6.07) is 37.5. The van der Waals surface area contributed by atoms with Crippen molar-refractivity contribution in [1.29, 1.82) is 0 Å². The molecule has 0 aliphatic carbocycles. The first-order valence-corrected chi connectivity index (χ1v) is 22.9. The molecule has 0 fully saturated rings. The van der Waals surface area contributed by atoms with Crippen LogP contribution in [-0.4, -0.2) is 23.2 Å². The molecule has 8 rings (SSSR count). The summed E-state index contributed by atoms with van der Waals surface area (Å²) in [6.07, 6.45) is 3.81. The van der Waals surface area contributed by atoms with Crippen molar-refractivity contribution in [3.63, 3.8) is 0 Å². The van der Waals surface area contributed by atoms with Gasteiger partial charge in [-0.1, -0.05) is 59.9 Å². The Hall–Kier alpha value is -3.93. The largest absolute Gasteiger partial charge is 0 e. The van der Waals surface area contributed by atoms with E-state index >= 15 is 0 Å². The Bertz CT molecular complexity index is 2510. The average Bonchev–Trinajstić information content (AvgIpc) is 3.51. The molecule has 5 heteroatoms. The molecule has 1 radical (unpaired) electrons. The maximum atomic E-state index is 8.25. The number of benzene rings is 5. The first kappa shape index (κ1) is 26.2. The van der Waals surface area contributed by atoms with E-state index in [0.29, 0.717) is 5.56 Å². The molecule has 5 aromatic carbocycles. The van der Waals surface area contributed by atoms with Gasteiger partial charge in [0.1, 0.15) is 0 Å². The number of hydrogen-bond acceptors (Lipinski definition) is 3. The van der Waals surface area contributed by atoms with Gasteiger partial charge in [-0.2, -0.15) is 11.3 Å². The SMILES string of the molecule is [2H]c1c([2H])c([2H])c(-c2ccc3c(c2)sc2c(-c4ccccn4)[c-]ccc23)c([2H])c1[2H].[CH3][Ge]([CH3])([CH3])[c]1ccc(-c2[c-]cc3ccccc3c2)nc1.[Ir]. The van der Waals surface area contributed by atoms with Crippen molar-refractivity contribution in [1.82, 2.24) is 9.97 Å². The van der Waals surface area contributed by atoms with Crippen molar-refractivity contribution in [3.8, 4) is 33.6 Å². The van der Waals surface area contributed by atoms with Crippen LogP contribution in [0, 0.1) is 12.1 Å². The van der Waals surface area contributed by atoms with E-state index in [9.17, 15) is 0 Å². The number of rotatable bonds is 4. The normalized spacial score (nSPS) is 12.7. The van der Waals surface area contributed by atoms with Gasteiger partial charge in [0.05, 0.1) is 6.85 Å². The molecule has 3 aromatic heterocycles. The summed E-state index contributed by atoms with van der Waals surface area (Å²) in [5.41, 5.74) is 4.67. The summed E-state index contributed by atoms with van der Waals surface area (Å²) in [5.74, 6) is 7.16. The third kappa shape index (κ3) is 6.77. The van der Waals surface area contributed by atoms with Gasteiger partial charge in [0.25, 0.3) is 0 Å². The smallest absolute Gasteiger partial charge is 0 e. The van der Waals surface area contributed by atoms with Crippen LogP contribution in [0.1, 0.15) is 6.85 Å². The second-order valence-corrected chi connectivity index (χ2v) is 23.5. The summed E-state index contributed by atoms with van der Waals surface area (Å²) < 4.78 is 43.7. The van der Waals surface area contributed by atoms with Crippen molar-refractivity contribution in [2.45, 2.75) is 17.3 Å². The summed E-state index contributed by atoms with van der Waals surface area (Å²) in [6.45, 7) is 0. The molecule has 8 aromatic rings. The van der Waals surface area contributed by atoms with Gasteiger partial charge in [-0.05, 0) is 39.0 Å². The fourth-order valence-corrected chi connectivity index (χ4v) is 8.68. The standard InChI is InChI=1S/C23H14NS.C18H18GeN.Ir/c1-2-7-16(8-3-1)17-12-13-18-19-9-6-10-20(21-11-4-5-14-24-21)23(19)25-22(18)15-17;1-19(2,3)17-10-11-18(20-13-17)16-9-8-14-6-4-5-7-15(14)12-16;/h1-9,11-15H;4-8,10-13H,1-3H3;/q2*-1;/i1D,2D,3D,7D,8D;;. The van der Waals surface area contributed by atoms with Gasteiger partial charge >= 0.3 is 123 Å². The molecule has 0 saturated carbocycles. The van der Waals surface area contributed by atoms with E-state index in [-0.39, 0.29) is 55.9 Å². The Morgan fingerprint density at radius 1 is 0.717 bits per heavy atom. The molecular weight excluding hydrogens is 817 g/mol. The zero-order chi connectivity index (χ0) is 35.2. The first-order valence-electron chi connectivity index (χ1n) is 17.2. The molecule has 0 aliphatic heterocycles. The summed E-state index contributed by atoms with van der Waals surface area (Å²) in [4.78, 5) is 9.09. The molecule has 0 atom stereocenters. The molecule has 0 spiro atoms. The Balaban J connectivity index is 0.000000186. The second-order valence-electron chi connectivity index (χ2n) is 11.8. The average molecular weight is 855 g/mol. The van der Waals surface area contributed by atoms with Crippen molar-refractivity contribution in [3.05, 3.63) is 152 Å². The number of hydrogen-bond donors (Lipinski definition) is 0. The number of aromatic nitrogens is 2. The summed E-state index contributed by atoms with van der Waals surface area (Å²) in [7, 11) is 0. The monoisotopic (exact) mass is 856 g/mol. The third-order valence-corrected chi connectivity index (χ3v) is 13.2. The van der Waals surface area contributed by atoms with E-state index in [0.717, 1.165) is 42.7 Å². The quantitative estimate of drug-likeness (QED) is 0.130. The van der Waals surface area contributed by atoms with E-state index < -0.39 is 13.3 Å². The number of nitrogens with zero attached hydrogens (tertiary/aromatic N) is 2. The van der Waals surface area contributed by atoms with E-state index in [2.05, 4.69) is 88.0 Å². The molecule has 3 heterocycles. The predicted molar refractivity (Wildman–Crippen MR) is 196 cm³/mol. The van der Waals surface area contributed by atoms with Gasteiger partial charge < -0.3 is 4.98 Å². The number of fused-ring (bicyclic) bond motifs is 4. The Kier molecular flexibility index (Phi) is 7.87. The Morgan fingerprint density at radius 2 is 1.52 bits per heavy atom. The van der Waals surface area contributed by atoms with Crippen LogP contribution in [0.15, 0.2) is 140 Å². The van der Waals surface area contributed by atoms with Crippen LogP contribution in [-0.2, 0) is 20.1 Å². The van der Waals surface area contributed by atoms with Crippen molar-refractivity contribution in [2.24, 2.45) is 0 Å². The van der Waals surface area contributed by atoms with Gasteiger partial charge in [0.2, 0.25) is 0 Å². The number of pyridine rings is 2. The van der Waals surface area contributed by atoms with Crippen LogP contribution in [0.2, 0.25) is 17.3 Å². The molecule has 0 aliphatic rings. The molecule has 46 heavy (non-hydrogen) atoms. The van der Waals surface area contributed by atoms with Crippen LogP contribution in [0.5, 0.6) is 0 Å². The molecule has 0 saturated heterocycles. The second kappa shape index (κ2) is 13.8.